The van der Waals surface area contributed by atoms with Crippen LogP contribution in [0.5, 0.6) is 0 Å². The Morgan fingerprint density at radius 2 is 2.30 bits per heavy atom. The van der Waals surface area contributed by atoms with Crippen molar-refractivity contribution in [3.05, 3.63) is 21.9 Å². The Kier molecular flexibility index (Phi) is 5.53. The zero-order valence-corrected chi connectivity index (χ0v) is 13.3. The van der Waals surface area contributed by atoms with Crippen LogP contribution < -0.4 is 11.1 Å². The van der Waals surface area contributed by atoms with Crippen LogP contribution in [-0.2, 0) is 0 Å². The van der Waals surface area contributed by atoms with Gasteiger partial charge in [-0.15, -0.1) is 11.3 Å². The fourth-order valence-corrected chi connectivity index (χ4v) is 4.20. The van der Waals surface area contributed by atoms with E-state index < -0.39 is 0 Å². The highest BCUT2D eigenvalue weighted by molar-refractivity contribution is 8.00. The SMILES string of the molecule is CSC1(CNC(=O)c2sccc2C#CCN)CCCC1. The molecule has 1 amide bonds. The average Bonchev–Trinajstić information content (AvgIpc) is 3.12. The highest BCUT2D eigenvalue weighted by atomic mass is 32.2. The van der Waals surface area contributed by atoms with Crippen molar-refractivity contribution in [2.75, 3.05) is 19.3 Å². The second kappa shape index (κ2) is 7.16. The van der Waals surface area contributed by atoms with Crippen molar-refractivity contribution < 1.29 is 4.79 Å². The lowest BCUT2D eigenvalue weighted by Crippen LogP contribution is -2.38. The summed E-state index contributed by atoms with van der Waals surface area (Å²) < 4.78 is 0.232. The summed E-state index contributed by atoms with van der Waals surface area (Å²) in [6, 6.07) is 1.88. The van der Waals surface area contributed by atoms with E-state index >= 15 is 0 Å². The van der Waals surface area contributed by atoms with Crippen molar-refractivity contribution in [3.63, 3.8) is 0 Å². The van der Waals surface area contributed by atoms with Gasteiger partial charge in [-0.1, -0.05) is 24.7 Å². The molecule has 1 aliphatic carbocycles. The lowest BCUT2D eigenvalue weighted by molar-refractivity contribution is 0.0953. The third-order valence-electron chi connectivity index (χ3n) is 3.72. The Balaban J connectivity index is 2.00. The molecule has 20 heavy (non-hydrogen) atoms. The van der Waals surface area contributed by atoms with E-state index in [2.05, 4.69) is 23.4 Å². The summed E-state index contributed by atoms with van der Waals surface area (Å²) in [7, 11) is 0. The Labute approximate surface area is 128 Å². The first-order chi connectivity index (χ1) is 9.71. The van der Waals surface area contributed by atoms with Crippen LogP contribution in [0.2, 0.25) is 0 Å². The van der Waals surface area contributed by atoms with E-state index in [-0.39, 0.29) is 10.7 Å². The lowest BCUT2D eigenvalue weighted by atomic mass is 10.1. The maximum Gasteiger partial charge on any atom is 0.262 e. The lowest BCUT2D eigenvalue weighted by Gasteiger charge is -2.26. The van der Waals surface area contributed by atoms with Crippen molar-refractivity contribution in [3.8, 4) is 11.8 Å². The molecule has 1 aliphatic rings. The zero-order chi connectivity index (χ0) is 14.4. The normalized spacial score (nSPS) is 16.5. The van der Waals surface area contributed by atoms with Gasteiger partial charge in [0.25, 0.3) is 5.91 Å². The summed E-state index contributed by atoms with van der Waals surface area (Å²) in [4.78, 5) is 13.0. The van der Waals surface area contributed by atoms with Gasteiger partial charge in [-0.25, -0.2) is 0 Å². The number of nitrogens with two attached hydrogens (primary N) is 1. The van der Waals surface area contributed by atoms with Gasteiger partial charge in [0, 0.05) is 16.9 Å². The molecule has 0 spiro atoms. The van der Waals surface area contributed by atoms with E-state index in [1.54, 1.807) is 0 Å². The Morgan fingerprint density at radius 1 is 1.55 bits per heavy atom. The molecule has 1 fully saturated rings. The largest absolute Gasteiger partial charge is 0.350 e. The van der Waals surface area contributed by atoms with Crippen LogP contribution in [0.3, 0.4) is 0 Å². The Morgan fingerprint density at radius 3 is 2.95 bits per heavy atom. The predicted octanol–water partition coefficient (Wildman–Crippen LogP) is 2.46. The van der Waals surface area contributed by atoms with Crippen LogP contribution in [0.1, 0.15) is 40.9 Å². The molecule has 0 bridgehead atoms. The van der Waals surface area contributed by atoms with Crippen LogP contribution in [0.25, 0.3) is 0 Å². The summed E-state index contributed by atoms with van der Waals surface area (Å²) >= 11 is 3.32. The van der Waals surface area contributed by atoms with Crippen molar-refractivity contribution in [1.29, 1.82) is 0 Å². The highest BCUT2D eigenvalue weighted by Gasteiger charge is 2.33. The number of nitrogens with one attached hydrogen (secondary N) is 1. The number of thioether (sulfide) groups is 1. The highest BCUT2D eigenvalue weighted by Crippen LogP contribution is 2.39. The van der Waals surface area contributed by atoms with E-state index in [0.717, 1.165) is 12.1 Å². The van der Waals surface area contributed by atoms with E-state index in [1.165, 1.54) is 37.0 Å². The maximum atomic E-state index is 12.3. The molecule has 1 aromatic heterocycles. The van der Waals surface area contributed by atoms with Gasteiger partial charge in [-0.3, -0.25) is 4.79 Å². The number of amides is 1. The Hall–Kier alpha value is -0.960. The molecule has 1 heterocycles. The molecule has 3 nitrogen and oxygen atoms in total. The smallest absolute Gasteiger partial charge is 0.262 e. The van der Waals surface area contributed by atoms with Gasteiger partial charge >= 0.3 is 0 Å². The number of carbonyl (C=O) groups excluding carboxylic acids is 1. The van der Waals surface area contributed by atoms with Crippen LogP contribution in [-0.4, -0.2) is 30.0 Å². The standard InChI is InChI=1S/C15H20N2OS2/c1-19-15(7-2-3-8-15)11-17-14(18)13-12(5-4-9-16)6-10-20-13/h6,10H,2-3,7-9,11,16H2,1H3,(H,17,18). The van der Waals surface area contributed by atoms with Gasteiger partial charge in [-0.05, 0) is 30.5 Å². The maximum absolute atomic E-state index is 12.3. The Bertz CT molecular complexity index is 521. The van der Waals surface area contributed by atoms with E-state index in [1.807, 2.05) is 23.2 Å². The molecule has 2 rings (SSSR count). The van der Waals surface area contributed by atoms with Crippen molar-refractivity contribution in [1.82, 2.24) is 5.32 Å². The van der Waals surface area contributed by atoms with Gasteiger partial charge < -0.3 is 11.1 Å². The molecule has 5 heteroatoms. The minimum absolute atomic E-state index is 0.0124. The zero-order valence-electron chi connectivity index (χ0n) is 11.7. The van der Waals surface area contributed by atoms with Gasteiger partial charge in [0.2, 0.25) is 0 Å². The summed E-state index contributed by atoms with van der Waals surface area (Å²) in [5, 5.41) is 4.99. The van der Waals surface area contributed by atoms with E-state index in [9.17, 15) is 4.79 Å². The summed E-state index contributed by atoms with van der Waals surface area (Å²) in [5.41, 5.74) is 6.15. The number of rotatable bonds is 4. The average molecular weight is 308 g/mol. The molecular weight excluding hydrogens is 288 g/mol. The minimum Gasteiger partial charge on any atom is -0.350 e. The molecule has 0 aliphatic heterocycles. The van der Waals surface area contributed by atoms with E-state index in [0.29, 0.717) is 11.4 Å². The molecule has 108 valence electrons. The molecule has 0 unspecified atom stereocenters. The van der Waals surface area contributed by atoms with E-state index in [4.69, 9.17) is 5.73 Å². The molecule has 3 N–H and O–H groups in total. The first-order valence-electron chi connectivity index (χ1n) is 6.80. The van der Waals surface area contributed by atoms with Gasteiger partial charge in [0.05, 0.1) is 6.54 Å². The van der Waals surface area contributed by atoms with Crippen molar-refractivity contribution in [2.24, 2.45) is 5.73 Å². The molecule has 0 atom stereocenters. The van der Waals surface area contributed by atoms with Crippen LogP contribution >= 0.6 is 23.1 Å². The third kappa shape index (κ3) is 3.57. The summed E-state index contributed by atoms with van der Waals surface area (Å²) in [6.45, 7) is 1.06. The fourth-order valence-electron chi connectivity index (χ4n) is 2.52. The monoisotopic (exact) mass is 308 g/mol. The van der Waals surface area contributed by atoms with Crippen molar-refractivity contribution in [2.45, 2.75) is 30.4 Å². The number of hydrogen-bond donors (Lipinski definition) is 2. The molecule has 0 saturated heterocycles. The van der Waals surface area contributed by atoms with Crippen molar-refractivity contribution >= 4 is 29.0 Å². The summed E-state index contributed by atoms with van der Waals surface area (Å²) in [5.74, 6) is 5.74. The van der Waals surface area contributed by atoms with Gasteiger partial charge in [-0.2, -0.15) is 11.8 Å². The molecule has 0 radical (unpaired) electrons. The summed E-state index contributed by atoms with van der Waals surface area (Å²) in [6.07, 6.45) is 7.06. The quantitative estimate of drug-likeness (QED) is 0.840. The number of hydrogen-bond acceptors (Lipinski definition) is 4. The molecular formula is C15H20N2OS2. The van der Waals surface area contributed by atoms with Crippen LogP contribution in [0.15, 0.2) is 11.4 Å². The first-order valence-corrected chi connectivity index (χ1v) is 8.91. The second-order valence-corrected chi connectivity index (χ2v) is 7.14. The van der Waals surface area contributed by atoms with Gasteiger partial charge in [0.15, 0.2) is 0 Å². The number of carbonyl (C=O) groups is 1. The first kappa shape index (κ1) is 15.4. The second-order valence-electron chi connectivity index (χ2n) is 4.95. The van der Waals surface area contributed by atoms with Crippen LogP contribution in [0.4, 0.5) is 0 Å². The predicted molar refractivity (Wildman–Crippen MR) is 87.3 cm³/mol. The fraction of sp³-hybridized carbons (Fsp3) is 0.533. The topological polar surface area (TPSA) is 55.1 Å². The van der Waals surface area contributed by atoms with Gasteiger partial charge in [0.1, 0.15) is 4.88 Å². The number of thiophene rings is 1. The van der Waals surface area contributed by atoms with Crippen LogP contribution in [0, 0.1) is 11.8 Å². The minimum atomic E-state index is -0.0124. The molecule has 1 aromatic rings. The third-order valence-corrected chi connectivity index (χ3v) is 6.05. The molecule has 0 aromatic carbocycles. The molecule has 1 saturated carbocycles.